The van der Waals surface area contributed by atoms with Gasteiger partial charge in [0.05, 0.1) is 18.1 Å². The lowest BCUT2D eigenvalue weighted by atomic mass is 10.2. The monoisotopic (exact) mass is 401 g/mol. The minimum Gasteiger partial charge on any atom is -0.270 e. The van der Waals surface area contributed by atoms with E-state index in [1.807, 2.05) is 18.2 Å². The van der Waals surface area contributed by atoms with Crippen LogP contribution in [0.25, 0.3) is 0 Å². The van der Waals surface area contributed by atoms with Crippen molar-refractivity contribution in [2.75, 3.05) is 19.6 Å². The molecule has 3 aromatic rings. The molecule has 29 heavy (non-hydrogen) atoms. The largest absolute Gasteiger partial charge is 0.288 e. The fourth-order valence-corrected chi connectivity index (χ4v) is 8.03. The predicted molar refractivity (Wildman–Crippen MR) is 115 cm³/mol. The highest BCUT2D eigenvalue weighted by Gasteiger charge is 2.65. The van der Waals surface area contributed by atoms with Crippen molar-refractivity contribution >= 4 is 7.59 Å². The lowest BCUT2D eigenvalue weighted by Gasteiger charge is -2.24. The molecule has 3 heterocycles. The van der Waals surface area contributed by atoms with Gasteiger partial charge in [0.2, 0.25) is 0 Å². The molecule has 6 atom stereocenters. The Labute approximate surface area is 171 Å². The van der Waals surface area contributed by atoms with Crippen LogP contribution in [0, 0.1) is 0 Å². The normalized spacial score (nSPS) is 34.2. The van der Waals surface area contributed by atoms with Crippen molar-refractivity contribution in [2.45, 2.75) is 18.1 Å². The van der Waals surface area contributed by atoms with E-state index < -0.39 is 7.59 Å². The van der Waals surface area contributed by atoms with Crippen molar-refractivity contribution in [1.82, 2.24) is 14.0 Å². The van der Waals surface area contributed by atoms with E-state index in [1.165, 1.54) is 16.7 Å². The number of benzene rings is 3. The molecule has 4 nitrogen and oxygen atoms in total. The number of rotatable bonds is 6. The van der Waals surface area contributed by atoms with Crippen LogP contribution in [0.4, 0.5) is 0 Å². The summed E-state index contributed by atoms with van der Waals surface area (Å²) in [5, 5.41) is 0. The van der Waals surface area contributed by atoms with Crippen molar-refractivity contribution in [2.24, 2.45) is 0 Å². The fraction of sp³-hybridized carbons (Fsp3) is 0.250. The molecule has 0 amide bonds. The molecule has 6 unspecified atom stereocenters. The Morgan fingerprint density at radius 3 is 1.07 bits per heavy atom. The zero-order valence-corrected chi connectivity index (χ0v) is 17.1. The second-order valence-corrected chi connectivity index (χ2v) is 10.7. The minimum absolute atomic E-state index is 0.260. The lowest BCUT2D eigenvalue weighted by molar-refractivity contribution is 0.458. The number of hydrogen-bond donors (Lipinski definition) is 0. The van der Waals surface area contributed by atoms with E-state index >= 15 is 0 Å². The van der Waals surface area contributed by atoms with Gasteiger partial charge in [-0.15, -0.1) is 0 Å². The van der Waals surface area contributed by atoms with E-state index in [4.69, 9.17) is 0 Å². The van der Waals surface area contributed by atoms with E-state index in [0.29, 0.717) is 0 Å². The summed E-state index contributed by atoms with van der Waals surface area (Å²) >= 11 is 0. The molecule has 0 aromatic heterocycles. The summed E-state index contributed by atoms with van der Waals surface area (Å²) in [7, 11) is -2.77. The number of hydrogen-bond acceptors (Lipinski definition) is 1. The second kappa shape index (κ2) is 6.65. The molecule has 0 spiro atoms. The first-order chi connectivity index (χ1) is 14.3. The van der Waals surface area contributed by atoms with Gasteiger partial charge >= 0.3 is 0 Å². The summed E-state index contributed by atoms with van der Waals surface area (Å²) in [4.78, 5) is 0. The minimum atomic E-state index is -2.77. The average molecular weight is 401 g/mol. The third kappa shape index (κ3) is 2.99. The van der Waals surface area contributed by atoms with Gasteiger partial charge in [0.1, 0.15) is 0 Å². The van der Waals surface area contributed by atoms with Gasteiger partial charge in [0, 0.05) is 19.6 Å². The van der Waals surface area contributed by atoms with Crippen molar-refractivity contribution in [3.05, 3.63) is 108 Å². The highest BCUT2D eigenvalue weighted by atomic mass is 31.2. The van der Waals surface area contributed by atoms with Gasteiger partial charge in [-0.1, -0.05) is 91.0 Å². The van der Waals surface area contributed by atoms with Gasteiger partial charge in [-0.3, -0.25) is 4.57 Å². The molecular formula is C24H24N3OP. The fourth-order valence-electron chi connectivity index (χ4n) is 4.55. The Hall–Kier alpha value is -2.23. The van der Waals surface area contributed by atoms with Crippen molar-refractivity contribution in [3.63, 3.8) is 0 Å². The highest BCUT2D eigenvalue weighted by Crippen LogP contribution is 2.77. The van der Waals surface area contributed by atoms with Crippen LogP contribution in [0.3, 0.4) is 0 Å². The maximum absolute atomic E-state index is 14.6. The summed E-state index contributed by atoms with van der Waals surface area (Å²) < 4.78 is 21.4. The van der Waals surface area contributed by atoms with Crippen LogP contribution in [0.1, 0.15) is 34.8 Å². The SMILES string of the molecule is O=P(N1CC1c1ccccc1)(N1CC1c1ccccc1)N1CC1c1ccccc1. The molecule has 0 N–H and O–H groups in total. The maximum atomic E-state index is 14.6. The van der Waals surface area contributed by atoms with E-state index in [2.05, 4.69) is 86.8 Å². The van der Waals surface area contributed by atoms with Gasteiger partial charge in [-0.2, -0.15) is 0 Å². The van der Waals surface area contributed by atoms with Crippen molar-refractivity contribution < 1.29 is 4.57 Å². The van der Waals surface area contributed by atoms with E-state index in [0.717, 1.165) is 19.6 Å². The molecule has 6 rings (SSSR count). The lowest BCUT2D eigenvalue weighted by Crippen LogP contribution is -2.14. The summed E-state index contributed by atoms with van der Waals surface area (Å²) in [5.41, 5.74) is 3.80. The first-order valence-corrected chi connectivity index (χ1v) is 11.9. The van der Waals surface area contributed by atoms with Gasteiger partial charge in [0.15, 0.2) is 0 Å². The van der Waals surface area contributed by atoms with Gasteiger partial charge in [-0.25, -0.2) is 14.0 Å². The Kier molecular flexibility index (Phi) is 4.04. The summed E-state index contributed by atoms with van der Waals surface area (Å²) in [6.45, 7) is 2.62. The Morgan fingerprint density at radius 1 is 0.517 bits per heavy atom. The molecular weight excluding hydrogens is 377 g/mol. The van der Waals surface area contributed by atoms with Crippen LogP contribution >= 0.6 is 7.59 Å². The Balaban J connectivity index is 1.31. The molecule has 3 aromatic carbocycles. The third-order valence-electron chi connectivity index (χ3n) is 6.32. The van der Waals surface area contributed by atoms with E-state index in [9.17, 15) is 4.57 Å². The zero-order valence-electron chi connectivity index (χ0n) is 16.2. The van der Waals surface area contributed by atoms with Crippen LogP contribution in [0.15, 0.2) is 91.0 Å². The van der Waals surface area contributed by atoms with Crippen LogP contribution in [0.5, 0.6) is 0 Å². The van der Waals surface area contributed by atoms with Crippen molar-refractivity contribution in [3.8, 4) is 0 Å². The molecule has 3 aliphatic rings. The van der Waals surface area contributed by atoms with Crippen LogP contribution in [-0.4, -0.2) is 33.6 Å². The molecule has 3 saturated heterocycles. The molecule has 0 saturated carbocycles. The quantitative estimate of drug-likeness (QED) is 0.415. The molecule has 0 aliphatic carbocycles. The summed E-state index contributed by atoms with van der Waals surface area (Å²) in [5.74, 6) is 0. The average Bonchev–Trinajstić information content (AvgIpc) is 3.66. The summed E-state index contributed by atoms with van der Waals surface area (Å²) in [6.07, 6.45) is 0. The van der Waals surface area contributed by atoms with Gasteiger partial charge < -0.3 is 0 Å². The summed E-state index contributed by atoms with van der Waals surface area (Å²) in [6, 6.07) is 32.3. The van der Waals surface area contributed by atoms with E-state index in [1.54, 1.807) is 0 Å². The molecule has 3 fully saturated rings. The standard InChI is InChI=1S/C24H24N3OP/c28-29(25-16-22(25)19-10-4-1-5-11-19,26-17-23(26)20-12-6-2-7-13-20)27-18-24(27)21-14-8-3-9-15-21/h1-15,22-24H,16-18H2. The Bertz CT molecular complexity index is 923. The van der Waals surface area contributed by atoms with Crippen LogP contribution in [-0.2, 0) is 4.57 Å². The van der Waals surface area contributed by atoms with Gasteiger partial charge in [0.25, 0.3) is 7.59 Å². The Morgan fingerprint density at radius 2 is 0.793 bits per heavy atom. The molecule has 146 valence electrons. The molecule has 3 aliphatic heterocycles. The first kappa shape index (κ1) is 17.6. The predicted octanol–water partition coefficient (Wildman–Crippen LogP) is 5.27. The zero-order chi connectivity index (χ0) is 19.4. The smallest absolute Gasteiger partial charge is 0.270 e. The first-order valence-electron chi connectivity index (χ1n) is 10.3. The topological polar surface area (TPSA) is 26.1 Å². The molecule has 5 heteroatoms. The van der Waals surface area contributed by atoms with Crippen molar-refractivity contribution in [1.29, 1.82) is 0 Å². The second-order valence-electron chi connectivity index (χ2n) is 8.16. The van der Waals surface area contributed by atoms with Gasteiger partial charge in [-0.05, 0) is 16.7 Å². The highest BCUT2D eigenvalue weighted by molar-refractivity contribution is 7.57. The molecule has 0 bridgehead atoms. The number of nitrogens with zero attached hydrogens (tertiary/aromatic N) is 3. The van der Waals surface area contributed by atoms with E-state index in [-0.39, 0.29) is 18.1 Å². The third-order valence-corrected chi connectivity index (χ3v) is 9.65. The molecule has 0 radical (unpaired) electrons. The van der Waals surface area contributed by atoms with Crippen LogP contribution < -0.4 is 0 Å². The van der Waals surface area contributed by atoms with Crippen LogP contribution in [0.2, 0.25) is 0 Å². The maximum Gasteiger partial charge on any atom is 0.288 e.